The number of ether oxygens (including phenoxy) is 1. The molecule has 0 saturated heterocycles. The van der Waals surface area contributed by atoms with Gasteiger partial charge in [0.15, 0.2) is 0 Å². The van der Waals surface area contributed by atoms with Crippen LogP contribution in [-0.4, -0.2) is 11.5 Å². The van der Waals surface area contributed by atoms with Gasteiger partial charge in [-0.25, -0.2) is 0 Å². The van der Waals surface area contributed by atoms with Crippen LogP contribution in [0.5, 0.6) is 0 Å². The van der Waals surface area contributed by atoms with Gasteiger partial charge in [0.05, 0.1) is 5.69 Å². The lowest BCUT2D eigenvalue weighted by Crippen LogP contribution is -2.29. The molecule has 1 aromatic heterocycles. The van der Waals surface area contributed by atoms with Gasteiger partial charge in [-0.15, -0.1) is 0 Å². The van der Waals surface area contributed by atoms with Crippen LogP contribution in [0.4, 0.5) is 0 Å². The van der Waals surface area contributed by atoms with Crippen molar-refractivity contribution in [3.8, 4) is 0 Å². The van der Waals surface area contributed by atoms with Crippen molar-refractivity contribution < 1.29 is 9.53 Å². The molecule has 15 heavy (non-hydrogen) atoms. The summed E-state index contributed by atoms with van der Waals surface area (Å²) in [6, 6.07) is 3.17. The summed E-state index contributed by atoms with van der Waals surface area (Å²) in [4.78, 5) is 24.4. The van der Waals surface area contributed by atoms with Gasteiger partial charge in [-0.2, -0.15) is 0 Å². The van der Waals surface area contributed by atoms with Gasteiger partial charge in [-0.3, -0.25) is 9.59 Å². The molecule has 0 aliphatic carbocycles. The van der Waals surface area contributed by atoms with Crippen LogP contribution in [0.3, 0.4) is 0 Å². The fraction of sp³-hybridized carbons (Fsp3) is 0.455. The van der Waals surface area contributed by atoms with Crippen molar-refractivity contribution in [2.45, 2.75) is 32.8 Å². The summed E-state index contributed by atoms with van der Waals surface area (Å²) in [7, 11) is 0. The van der Waals surface area contributed by atoms with Gasteiger partial charge in [0, 0.05) is 6.07 Å². The van der Waals surface area contributed by atoms with Crippen LogP contribution >= 0.6 is 0 Å². The lowest BCUT2D eigenvalue weighted by Gasteiger charge is -2.27. The van der Waals surface area contributed by atoms with Crippen LogP contribution < -0.4 is 5.56 Å². The maximum Gasteiger partial charge on any atom is 0.294 e. The Morgan fingerprint density at radius 3 is 2.73 bits per heavy atom. The van der Waals surface area contributed by atoms with Gasteiger partial charge in [-0.05, 0) is 25.8 Å². The maximum atomic E-state index is 11.2. The SMILES string of the molecule is CCC(C)(OC=O)c1[nH]c(=O)ccc1C. The van der Waals surface area contributed by atoms with E-state index < -0.39 is 5.60 Å². The average Bonchev–Trinajstić information content (AvgIpc) is 2.22. The molecule has 1 N–H and O–H groups in total. The molecule has 0 saturated carbocycles. The number of rotatable bonds is 4. The number of hydrogen-bond donors (Lipinski definition) is 1. The van der Waals surface area contributed by atoms with E-state index in [1.807, 2.05) is 13.8 Å². The Kier molecular flexibility index (Phi) is 3.29. The number of carbonyl (C=O) groups is 1. The van der Waals surface area contributed by atoms with Crippen LogP contribution in [0, 0.1) is 6.92 Å². The number of H-pyrrole nitrogens is 1. The molecule has 0 amide bonds. The first-order chi connectivity index (χ1) is 7.03. The van der Waals surface area contributed by atoms with Crippen LogP contribution in [0.1, 0.15) is 31.5 Å². The summed E-state index contributed by atoms with van der Waals surface area (Å²) < 4.78 is 5.05. The fourth-order valence-electron chi connectivity index (χ4n) is 1.52. The Morgan fingerprint density at radius 2 is 2.20 bits per heavy atom. The summed E-state index contributed by atoms with van der Waals surface area (Å²) in [6.45, 7) is 5.95. The van der Waals surface area contributed by atoms with Crippen molar-refractivity contribution in [3.63, 3.8) is 0 Å². The molecular weight excluding hydrogens is 194 g/mol. The highest BCUT2D eigenvalue weighted by molar-refractivity contribution is 5.40. The minimum absolute atomic E-state index is 0.190. The minimum Gasteiger partial charge on any atom is -0.455 e. The molecule has 1 rings (SSSR count). The van der Waals surface area contributed by atoms with Crippen molar-refractivity contribution in [2.24, 2.45) is 0 Å². The van der Waals surface area contributed by atoms with Crippen molar-refractivity contribution in [2.75, 3.05) is 0 Å². The second-order valence-electron chi connectivity index (χ2n) is 3.68. The lowest BCUT2D eigenvalue weighted by atomic mass is 9.95. The van der Waals surface area contributed by atoms with Gasteiger partial charge < -0.3 is 9.72 Å². The van der Waals surface area contributed by atoms with E-state index in [9.17, 15) is 9.59 Å². The van der Waals surface area contributed by atoms with Crippen LogP contribution in [0.2, 0.25) is 0 Å². The Balaban J connectivity index is 3.27. The largest absolute Gasteiger partial charge is 0.455 e. The molecule has 82 valence electrons. The molecule has 4 heteroatoms. The highest BCUT2D eigenvalue weighted by Gasteiger charge is 2.28. The smallest absolute Gasteiger partial charge is 0.294 e. The summed E-state index contributed by atoms with van der Waals surface area (Å²) >= 11 is 0. The normalized spacial score (nSPS) is 14.3. The Labute approximate surface area is 88.3 Å². The topological polar surface area (TPSA) is 59.2 Å². The van der Waals surface area contributed by atoms with Crippen molar-refractivity contribution >= 4 is 6.47 Å². The first-order valence-electron chi connectivity index (χ1n) is 4.85. The highest BCUT2D eigenvalue weighted by Crippen LogP contribution is 2.27. The van der Waals surface area contributed by atoms with E-state index in [1.54, 1.807) is 13.0 Å². The van der Waals surface area contributed by atoms with Gasteiger partial charge in [0.1, 0.15) is 5.60 Å². The van der Waals surface area contributed by atoms with Gasteiger partial charge in [0.2, 0.25) is 5.56 Å². The van der Waals surface area contributed by atoms with Gasteiger partial charge in [-0.1, -0.05) is 13.0 Å². The van der Waals surface area contributed by atoms with Gasteiger partial charge in [0.25, 0.3) is 6.47 Å². The van der Waals surface area contributed by atoms with E-state index in [4.69, 9.17) is 4.74 Å². The van der Waals surface area contributed by atoms with Crippen LogP contribution in [0.15, 0.2) is 16.9 Å². The fourth-order valence-corrected chi connectivity index (χ4v) is 1.52. The number of aromatic amines is 1. The zero-order valence-corrected chi connectivity index (χ0v) is 9.16. The molecule has 0 bridgehead atoms. The second kappa shape index (κ2) is 4.29. The number of aryl methyl sites for hydroxylation is 1. The summed E-state index contributed by atoms with van der Waals surface area (Å²) in [5.74, 6) is 0. The monoisotopic (exact) mass is 209 g/mol. The number of aromatic nitrogens is 1. The molecule has 4 nitrogen and oxygen atoms in total. The maximum absolute atomic E-state index is 11.2. The van der Waals surface area contributed by atoms with E-state index >= 15 is 0 Å². The molecule has 0 aliphatic rings. The first kappa shape index (κ1) is 11.5. The molecule has 0 radical (unpaired) electrons. The lowest BCUT2D eigenvalue weighted by molar-refractivity contribution is -0.143. The van der Waals surface area contributed by atoms with E-state index in [-0.39, 0.29) is 5.56 Å². The quantitative estimate of drug-likeness (QED) is 0.764. The number of carbonyl (C=O) groups excluding carboxylic acids is 1. The standard InChI is InChI=1S/C11H15NO3/c1-4-11(3,15-7-13)10-8(2)5-6-9(14)12-10/h5-7H,4H2,1-3H3,(H,12,14). The second-order valence-corrected chi connectivity index (χ2v) is 3.68. The Hall–Kier alpha value is -1.58. The van der Waals surface area contributed by atoms with Crippen molar-refractivity contribution in [3.05, 3.63) is 33.7 Å². The molecule has 0 spiro atoms. The summed E-state index contributed by atoms with van der Waals surface area (Å²) in [5.41, 5.74) is 0.613. The zero-order chi connectivity index (χ0) is 11.5. The number of hydrogen-bond acceptors (Lipinski definition) is 3. The van der Waals surface area contributed by atoms with Crippen molar-refractivity contribution in [1.82, 2.24) is 4.98 Å². The third-order valence-corrected chi connectivity index (χ3v) is 2.64. The molecule has 0 aromatic carbocycles. The molecular formula is C11H15NO3. The highest BCUT2D eigenvalue weighted by atomic mass is 16.5. The third kappa shape index (κ3) is 2.26. The van der Waals surface area contributed by atoms with Crippen LogP contribution in [0.25, 0.3) is 0 Å². The molecule has 1 atom stereocenters. The molecule has 1 heterocycles. The Bertz CT molecular complexity index is 411. The molecule has 1 unspecified atom stereocenters. The van der Waals surface area contributed by atoms with E-state index in [0.717, 1.165) is 5.56 Å². The third-order valence-electron chi connectivity index (χ3n) is 2.64. The predicted octanol–water partition coefficient (Wildman–Crippen LogP) is 1.48. The summed E-state index contributed by atoms with van der Waals surface area (Å²) in [5, 5.41) is 0. The van der Waals surface area contributed by atoms with Crippen LogP contribution in [-0.2, 0) is 15.1 Å². The zero-order valence-electron chi connectivity index (χ0n) is 9.16. The first-order valence-corrected chi connectivity index (χ1v) is 4.85. The predicted molar refractivity (Wildman–Crippen MR) is 56.6 cm³/mol. The molecule has 0 aliphatic heterocycles. The summed E-state index contributed by atoms with van der Waals surface area (Å²) in [6.07, 6.45) is 0.604. The van der Waals surface area contributed by atoms with E-state index in [0.29, 0.717) is 18.6 Å². The van der Waals surface area contributed by atoms with E-state index in [1.165, 1.54) is 6.07 Å². The van der Waals surface area contributed by atoms with Crippen molar-refractivity contribution in [1.29, 1.82) is 0 Å². The average molecular weight is 209 g/mol. The number of nitrogens with one attached hydrogen (secondary N) is 1. The molecule has 0 fully saturated rings. The molecule has 1 aromatic rings. The number of pyridine rings is 1. The van der Waals surface area contributed by atoms with Gasteiger partial charge >= 0.3 is 0 Å². The Morgan fingerprint density at radius 1 is 1.53 bits per heavy atom. The van der Waals surface area contributed by atoms with E-state index in [2.05, 4.69) is 4.98 Å². The minimum atomic E-state index is -0.758.